The Balaban J connectivity index is 1.72. The van der Waals surface area contributed by atoms with Gasteiger partial charge >= 0.3 is 0 Å². The maximum absolute atomic E-state index is 12.6. The first kappa shape index (κ1) is 19.9. The highest BCUT2D eigenvalue weighted by atomic mass is 79.9. The molecule has 3 aromatic rings. The van der Waals surface area contributed by atoms with Crippen LogP contribution in [0.25, 0.3) is 0 Å². The summed E-state index contributed by atoms with van der Waals surface area (Å²) in [5, 5.41) is 7.11. The molecule has 28 heavy (non-hydrogen) atoms. The molecule has 0 aliphatic rings. The minimum atomic E-state index is -0.236. The number of nitrogens with zero attached hydrogens (tertiary/aromatic N) is 2. The van der Waals surface area contributed by atoms with Crippen LogP contribution in [0, 0.1) is 0 Å². The quantitative estimate of drug-likeness (QED) is 0.553. The summed E-state index contributed by atoms with van der Waals surface area (Å²) < 4.78 is 14.0. The molecule has 0 bridgehead atoms. The Hall–Kier alpha value is -2.80. The third kappa shape index (κ3) is 4.72. The third-order valence-corrected chi connectivity index (χ3v) is 4.66. The summed E-state index contributed by atoms with van der Waals surface area (Å²) >= 11 is 3.41. The first-order chi connectivity index (χ1) is 13.5. The van der Waals surface area contributed by atoms with Gasteiger partial charge in [-0.3, -0.25) is 4.79 Å². The maximum atomic E-state index is 12.6. The Labute approximate surface area is 172 Å². The number of benzene rings is 2. The number of carbonyl (C=O) groups excluding carboxylic acids is 1. The lowest BCUT2D eigenvalue weighted by Crippen LogP contribution is -2.16. The van der Waals surface area contributed by atoms with Crippen LogP contribution in [0.5, 0.6) is 11.5 Å². The molecule has 7 heteroatoms. The monoisotopic (exact) mass is 443 g/mol. The number of methoxy groups -OCH3 is 1. The molecule has 0 unspecified atom stereocenters. The van der Waals surface area contributed by atoms with Crippen LogP contribution in [0.2, 0.25) is 0 Å². The van der Waals surface area contributed by atoms with Gasteiger partial charge in [-0.15, -0.1) is 0 Å². The molecule has 1 aromatic heterocycles. The van der Waals surface area contributed by atoms with Gasteiger partial charge < -0.3 is 14.8 Å². The number of rotatable bonds is 7. The van der Waals surface area contributed by atoms with E-state index in [-0.39, 0.29) is 11.9 Å². The van der Waals surface area contributed by atoms with Gasteiger partial charge in [-0.2, -0.15) is 5.10 Å². The van der Waals surface area contributed by atoms with E-state index in [1.54, 1.807) is 42.3 Å². The molecule has 1 amide bonds. The highest BCUT2D eigenvalue weighted by Crippen LogP contribution is 2.29. The van der Waals surface area contributed by atoms with Gasteiger partial charge in [0.1, 0.15) is 12.4 Å². The zero-order valence-corrected chi connectivity index (χ0v) is 17.6. The van der Waals surface area contributed by atoms with Crippen molar-refractivity contribution in [2.24, 2.45) is 0 Å². The number of ether oxygens (including phenoxy) is 2. The van der Waals surface area contributed by atoms with E-state index in [4.69, 9.17) is 9.47 Å². The van der Waals surface area contributed by atoms with E-state index < -0.39 is 0 Å². The van der Waals surface area contributed by atoms with Crippen LogP contribution in [0.1, 0.15) is 35.8 Å². The van der Waals surface area contributed by atoms with Gasteiger partial charge in [0.2, 0.25) is 0 Å². The Morgan fingerprint density at radius 3 is 2.57 bits per heavy atom. The van der Waals surface area contributed by atoms with Gasteiger partial charge in [-0.25, -0.2) is 4.68 Å². The smallest absolute Gasteiger partial charge is 0.256 e. The number of halogens is 1. The van der Waals surface area contributed by atoms with Crippen LogP contribution >= 0.6 is 15.9 Å². The molecular weight excluding hydrogens is 422 g/mol. The topological polar surface area (TPSA) is 65.4 Å². The molecule has 0 aliphatic carbocycles. The fourth-order valence-corrected chi connectivity index (χ4v) is 2.95. The number of nitrogens with one attached hydrogen (secondary N) is 1. The van der Waals surface area contributed by atoms with E-state index in [1.807, 2.05) is 38.1 Å². The van der Waals surface area contributed by atoms with Crippen LogP contribution in [0.3, 0.4) is 0 Å². The Kier molecular flexibility index (Phi) is 6.36. The van der Waals surface area contributed by atoms with E-state index in [2.05, 4.69) is 26.3 Å². The number of anilines is 1. The lowest BCUT2D eigenvalue weighted by Gasteiger charge is -2.14. The molecule has 0 atom stereocenters. The minimum absolute atomic E-state index is 0.147. The van der Waals surface area contributed by atoms with Gasteiger partial charge in [0.25, 0.3) is 5.91 Å². The van der Waals surface area contributed by atoms with Crippen LogP contribution in [0.15, 0.2) is 59.2 Å². The van der Waals surface area contributed by atoms with E-state index in [0.717, 1.165) is 10.0 Å². The van der Waals surface area contributed by atoms with Crippen molar-refractivity contribution >= 4 is 27.7 Å². The maximum Gasteiger partial charge on any atom is 0.256 e. The minimum Gasteiger partial charge on any atom is -0.493 e. The average Bonchev–Trinajstić information content (AvgIpc) is 3.15. The van der Waals surface area contributed by atoms with Crippen LogP contribution < -0.4 is 14.8 Å². The number of amides is 1. The first-order valence-corrected chi connectivity index (χ1v) is 9.67. The van der Waals surface area contributed by atoms with Crippen LogP contribution in [0.4, 0.5) is 5.82 Å². The van der Waals surface area contributed by atoms with Gasteiger partial charge in [-0.1, -0.05) is 28.1 Å². The molecule has 1 heterocycles. The first-order valence-electron chi connectivity index (χ1n) is 8.88. The van der Waals surface area contributed by atoms with Gasteiger partial charge in [-0.05, 0) is 49.7 Å². The van der Waals surface area contributed by atoms with E-state index in [1.165, 1.54) is 0 Å². The Morgan fingerprint density at radius 1 is 1.14 bits per heavy atom. The normalized spacial score (nSPS) is 10.8. The van der Waals surface area contributed by atoms with Gasteiger partial charge in [0, 0.05) is 22.1 Å². The summed E-state index contributed by atoms with van der Waals surface area (Å²) in [6.07, 6.45) is 1.66. The molecule has 0 saturated carbocycles. The van der Waals surface area contributed by atoms with Crippen molar-refractivity contribution in [3.63, 3.8) is 0 Å². The summed E-state index contributed by atoms with van der Waals surface area (Å²) in [5.74, 6) is 1.49. The molecule has 0 radical (unpaired) electrons. The zero-order chi connectivity index (χ0) is 20.1. The molecule has 2 aromatic carbocycles. The number of hydrogen-bond donors (Lipinski definition) is 1. The lowest BCUT2D eigenvalue weighted by molar-refractivity contribution is 0.102. The zero-order valence-electron chi connectivity index (χ0n) is 16.0. The summed E-state index contributed by atoms with van der Waals surface area (Å²) in [4.78, 5) is 12.6. The summed E-state index contributed by atoms with van der Waals surface area (Å²) in [7, 11) is 1.55. The van der Waals surface area contributed by atoms with Crippen molar-refractivity contribution in [2.45, 2.75) is 26.5 Å². The molecule has 6 nitrogen and oxygen atoms in total. The number of hydrogen-bond acceptors (Lipinski definition) is 4. The van der Waals surface area contributed by atoms with Crippen LogP contribution in [-0.2, 0) is 6.61 Å². The fourth-order valence-electron chi connectivity index (χ4n) is 2.68. The molecule has 1 N–H and O–H groups in total. The molecule has 3 rings (SSSR count). The predicted molar refractivity (Wildman–Crippen MR) is 112 cm³/mol. The lowest BCUT2D eigenvalue weighted by atomic mass is 10.2. The fraction of sp³-hybridized carbons (Fsp3) is 0.238. The second kappa shape index (κ2) is 8.93. The van der Waals surface area contributed by atoms with Crippen molar-refractivity contribution in [1.29, 1.82) is 0 Å². The molecule has 0 spiro atoms. The largest absolute Gasteiger partial charge is 0.493 e. The number of aromatic nitrogens is 2. The molecule has 0 aliphatic heterocycles. The Morgan fingerprint density at radius 2 is 1.89 bits per heavy atom. The summed E-state index contributed by atoms with van der Waals surface area (Å²) in [5.41, 5.74) is 1.51. The van der Waals surface area contributed by atoms with Crippen molar-refractivity contribution in [1.82, 2.24) is 9.78 Å². The third-order valence-electron chi connectivity index (χ3n) is 4.13. The number of carbonyl (C=O) groups is 1. The van der Waals surface area contributed by atoms with E-state index in [0.29, 0.717) is 29.5 Å². The highest BCUT2D eigenvalue weighted by Gasteiger charge is 2.14. The van der Waals surface area contributed by atoms with E-state index in [9.17, 15) is 4.79 Å². The standard InChI is InChI=1S/C21H22BrN3O3/c1-14(2)25-20(10-11-23-25)24-21(26)16-6-9-18(19(12-16)27-3)28-13-15-4-7-17(22)8-5-15/h4-12,14H,13H2,1-3H3,(H,24,26). The second-order valence-corrected chi connectivity index (χ2v) is 7.41. The summed E-state index contributed by atoms with van der Waals surface area (Å²) in [6.45, 7) is 4.41. The predicted octanol–water partition coefficient (Wildman–Crippen LogP) is 5.07. The van der Waals surface area contributed by atoms with Gasteiger partial charge in [0.15, 0.2) is 11.5 Å². The molecule has 0 fully saturated rings. The second-order valence-electron chi connectivity index (χ2n) is 6.49. The molecular formula is C21H22BrN3O3. The molecule has 0 saturated heterocycles. The van der Waals surface area contributed by atoms with Crippen molar-refractivity contribution in [2.75, 3.05) is 12.4 Å². The van der Waals surface area contributed by atoms with E-state index >= 15 is 0 Å². The van der Waals surface area contributed by atoms with Crippen molar-refractivity contribution < 1.29 is 14.3 Å². The van der Waals surface area contributed by atoms with Gasteiger partial charge in [0.05, 0.1) is 13.3 Å². The average molecular weight is 444 g/mol. The van der Waals surface area contributed by atoms with Crippen molar-refractivity contribution in [3.05, 3.63) is 70.3 Å². The molecule has 146 valence electrons. The van der Waals surface area contributed by atoms with Crippen LogP contribution in [-0.4, -0.2) is 22.8 Å². The Bertz CT molecular complexity index is 952. The highest BCUT2D eigenvalue weighted by molar-refractivity contribution is 9.10. The summed E-state index contributed by atoms with van der Waals surface area (Å²) in [6, 6.07) is 14.9. The van der Waals surface area contributed by atoms with Crippen molar-refractivity contribution in [3.8, 4) is 11.5 Å². The SMILES string of the molecule is COc1cc(C(=O)Nc2ccnn2C(C)C)ccc1OCc1ccc(Br)cc1.